The van der Waals surface area contributed by atoms with Crippen LogP contribution in [0.5, 0.6) is 0 Å². The number of benzene rings is 1. The second-order valence-electron chi connectivity index (χ2n) is 3.99. The SMILES string of the molecule is C=C/C=C(\c1ccccc1)[C@H](O)c1cc(C)on1. The number of aliphatic hydroxyl groups excluding tert-OH is 1. The molecule has 2 aromatic rings. The summed E-state index contributed by atoms with van der Waals surface area (Å²) in [5, 5.41) is 14.2. The van der Waals surface area contributed by atoms with E-state index in [2.05, 4.69) is 11.7 Å². The van der Waals surface area contributed by atoms with Gasteiger partial charge in [0, 0.05) is 6.07 Å². The van der Waals surface area contributed by atoms with Gasteiger partial charge in [0.25, 0.3) is 0 Å². The number of allylic oxidation sites excluding steroid dienone is 2. The average molecular weight is 241 g/mol. The van der Waals surface area contributed by atoms with E-state index >= 15 is 0 Å². The van der Waals surface area contributed by atoms with Gasteiger partial charge in [-0.05, 0) is 18.1 Å². The van der Waals surface area contributed by atoms with E-state index in [0.717, 1.165) is 11.1 Å². The molecule has 0 bridgehead atoms. The van der Waals surface area contributed by atoms with E-state index in [-0.39, 0.29) is 0 Å². The Labute approximate surface area is 106 Å². The summed E-state index contributed by atoms with van der Waals surface area (Å²) < 4.78 is 4.99. The van der Waals surface area contributed by atoms with E-state index in [1.54, 1.807) is 25.1 Å². The van der Waals surface area contributed by atoms with Gasteiger partial charge in [-0.15, -0.1) is 0 Å². The highest BCUT2D eigenvalue weighted by molar-refractivity contribution is 5.70. The maximum absolute atomic E-state index is 10.3. The number of aryl methyl sites for hydroxylation is 1. The monoisotopic (exact) mass is 241 g/mol. The maximum atomic E-state index is 10.3. The first kappa shape index (κ1) is 12.3. The molecule has 1 heterocycles. The fourth-order valence-corrected chi connectivity index (χ4v) is 1.78. The Balaban J connectivity index is 2.38. The molecule has 0 amide bonds. The average Bonchev–Trinajstić information content (AvgIpc) is 2.83. The number of aliphatic hydroxyl groups is 1. The first-order chi connectivity index (χ1) is 8.72. The molecular formula is C15H15NO2. The molecule has 3 nitrogen and oxygen atoms in total. The lowest BCUT2D eigenvalue weighted by atomic mass is 9.98. The van der Waals surface area contributed by atoms with Gasteiger partial charge in [0.2, 0.25) is 0 Å². The Morgan fingerprint density at radius 1 is 1.39 bits per heavy atom. The second-order valence-corrected chi connectivity index (χ2v) is 3.99. The summed E-state index contributed by atoms with van der Waals surface area (Å²) in [6.45, 7) is 5.47. The van der Waals surface area contributed by atoms with Gasteiger partial charge in [0.05, 0.1) is 0 Å². The third kappa shape index (κ3) is 2.57. The van der Waals surface area contributed by atoms with Gasteiger partial charge in [-0.2, -0.15) is 0 Å². The van der Waals surface area contributed by atoms with Gasteiger partial charge in [0.1, 0.15) is 17.6 Å². The maximum Gasteiger partial charge on any atom is 0.134 e. The van der Waals surface area contributed by atoms with Gasteiger partial charge in [-0.1, -0.05) is 54.2 Å². The van der Waals surface area contributed by atoms with Gasteiger partial charge in [0.15, 0.2) is 0 Å². The summed E-state index contributed by atoms with van der Waals surface area (Å²) >= 11 is 0. The van der Waals surface area contributed by atoms with Crippen LogP contribution < -0.4 is 0 Å². The van der Waals surface area contributed by atoms with Crippen molar-refractivity contribution in [2.24, 2.45) is 0 Å². The highest BCUT2D eigenvalue weighted by atomic mass is 16.5. The molecule has 0 fully saturated rings. The highest BCUT2D eigenvalue weighted by Crippen LogP contribution is 2.29. The molecule has 1 aromatic heterocycles. The van der Waals surface area contributed by atoms with E-state index in [0.29, 0.717) is 11.5 Å². The van der Waals surface area contributed by atoms with Crippen molar-refractivity contribution in [3.63, 3.8) is 0 Å². The van der Waals surface area contributed by atoms with Crippen molar-refractivity contribution in [1.29, 1.82) is 0 Å². The van der Waals surface area contributed by atoms with Crippen LogP contribution >= 0.6 is 0 Å². The number of rotatable bonds is 4. The molecule has 0 saturated carbocycles. The molecule has 1 atom stereocenters. The smallest absolute Gasteiger partial charge is 0.134 e. The zero-order chi connectivity index (χ0) is 13.0. The normalized spacial score (nSPS) is 13.3. The lowest BCUT2D eigenvalue weighted by Crippen LogP contribution is -2.01. The molecule has 0 spiro atoms. The van der Waals surface area contributed by atoms with Crippen LogP contribution in [0, 0.1) is 6.92 Å². The first-order valence-electron chi connectivity index (χ1n) is 5.71. The number of aromatic nitrogens is 1. The predicted octanol–water partition coefficient (Wildman–Crippen LogP) is 3.29. The molecule has 2 rings (SSSR count). The van der Waals surface area contributed by atoms with Crippen molar-refractivity contribution < 1.29 is 9.63 Å². The third-order valence-corrected chi connectivity index (χ3v) is 2.63. The van der Waals surface area contributed by atoms with Crippen LogP contribution in [0.2, 0.25) is 0 Å². The Morgan fingerprint density at radius 2 is 2.11 bits per heavy atom. The first-order valence-corrected chi connectivity index (χ1v) is 5.71. The van der Waals surface area contributed by atoms with E-state index in [9.17, 15) is 5.11 Å². The van der Waals surface area contributed by atoms with E-state index in [1.807, 2.05) is 30.3 Å². The fourth-order valence-electron chi connectivity index (χ4n) is 1.78. The minimum atomic E-state index is -0.817. The van der Waals surface area contributed by atoms with Crippen LogP contribution in [-0.4, -0.2) is 10.3 Å². The Bertz CT molecular complexity index is 555. The second kappa shape index (κ2) is 5.47. The van der Waals surface area contributed by atoms with Crippen LogP contribution in [-0.2, 0) is 0 Å². The summed E-state index contributed by atoms with van der Waals surface area (Å²) in [5.74, 6) is 0.676. The van der Waals surface area contributed by atoms with Crippen LogP contribution in [0.25, 0.3) is 5.57 Å². The topological polar surface area (TPSA) is 46.3 Å². The molecule has 18 heavy (non-hydrogen) atoms. The van der Waals surface area contributed by atoms with Crippen LogP contribution in [0.1, 0.15) is 23.1 Å². The van der Waals surface area contributed by atoms with Crippen LogP contribution in [0.4, 0.5) is 0 Å². The van der Waals surface area contributed by atoms with Crippen LogP contribution in [0.15, 0.2) is 59.7 Å². The summed E-state index contributed by atoms with van der Waals surface area (Å²) in [5.41, 5.74) is 2.19. The third-order valence-electron chi connectivity index (χ3n) is 2.63. The van der Waals surface area contributed by atoms with Crippen molar-refractivity contribution in [2.45, 2.75) is 13.0 Å². The van der Waals surface area contributed by atoms with Crippen molar-refractivity contribution in [2.75, 3.05) is 0 Å². The van der Waals surface area contributed by atoms with Crippen molar-refractivity contribution >= 4 is 5.57 Å². The molecule has 1 aromatic carbocycles. The fraction of sp³-hybridized carbons (Fsp3) is 0.133. The molecule has 0 unspecified atom stereocenters. The van der Waals surface area contributed by atoms with Gasteiger partial charge in [-0.25, -0.2) is 0 Å². The number of hydrogen-bond acceptors (Lipinski definition) is 3. The quantitative estimate of drug-likeness (QED) is 0.835. The van der Waals surface area contributed by atoms with E-state index < -0.39 is 6.10 Å². The molecule has 92 valence electrons. The summed E-state index contributed by atoms with van der Waals surface area (Å²) in [7, 11) is 0. The molecule has 1 N–H and O–H groups in total. The molecule has 3 heteroatoms. The van der Waals surface area contributed by atoms with Crippen molar-refractivity contribution in [3.05, 3.63) is 72.1 Å². The summed E-state index contributed by atoms with van der Waals surface area (Å²) in [6.07, 6.45) is 2.62. The lowest BCUT2D eigenvalue weighted by Gasteiger charge is -2.12. The molecule has 0 radical (unpaired) electrons. The Hall–Kier alpha value is -2.13. The minimum absolute atomic E-state index is 0.504. The zero-order valence-electron chi connectivity index (χ0n) is 10.2. The zero-order valence-corrected chi connectivity index (χ0v) is 10.2. The molecule has 0 aliphatic carbocycles. The van der Waals surface area contributed by atoms with Gasteiger partial charge in [-0.3, -0.25) is 0 Å². The van der Waals surface area contributed by atoms with Gasteiger partial charge >= 0.3 is 0 Å². The number of hydrogen-bond donors (Lipinski definition) is 1. The predicted molar refractivity (Wildman–Crippen MR) is 70.8 cm³/mol. The Morgan fingerprint density at radius 3 is 2.67 bits per heavy atom. The highest BCUT2D eigenvalue weighted by Gasteiger charge is 2.18. The van der Waals surface area contributed by atoms with Crippen molar-refractivity contribution in [3.8, 4) is 0 Å². The molecule has 0 saturated heterocycles. The summed E-state index contributed by atoms with van der Waals surface area (Å²) in [6, 6.07) is 11.4. The lowest BCUT2D eigenvalue weighted by molar-refractivity contribution is 0.225. The minimum Gasteiger partial charge on any atom is -0.382 e. The van der Waals surface area contributed by atoms with E-state index in [1.165, 1.54) is 0 Å². The van der Waals surface area contributed by atoms with Gasteiger partial charge < -0.3 is 9.63 Å². The molecule has 0 aliphatic rings. The molecule has 0 aliphatic heterocycles. The Kier molecular flexibility index (Phi) is 3.75. The largest absolute Gasteiger partial charge is 0.382 e. The standard InChI is InChI=1S/C15H15NO2/c1-3-7-13(12-8-5-4-6-9-12)15(17)14-10-11(2)18-16-14/h3-10,15,17H,1H2,2H3/b13-7+/t15-/m0/s1. The van der Waals surface area contributed by atoms with Crippen molar-refractivity contribution in [1.82, 2.24) is 5.16 Å². The van der Waals surface area contributed by atoms with Crippen LogP contribution in [0.3, 0.4) is 0 Å². The molecular weight excluding hydrogens is 226 g/mol. The van der Waals surface area contributed by atoms with E-state index in [4.69, 9.17) is 4.52 Å². The number of nitrogens with zero attached hydrogens (tertiary/aromatic N) is 1. The summed E-state index contributed by atoms with van der Waals surface area (Å²) in [4.78, 5) is 0.